The molecule has 1 aromatic carbocycles. The van der Waals surface area contributed by atoms with Gasteiger partial charge in [0.25, 0.3) is 0 Å². The quantitative estimate of drug-likeness (QED) is 0.812. The molecule has 0 saturated heterocycles. The van der Waals surface area contributed by atoms with Gasteiger partial charge in [-0.05, 0) is 36.6 Å². The van der Waals surface area contributed by atoms with Crippen LogP contribution >= 0.6 is 23.2 Å². The van der Waals surface area contributed by atoms with Gasteiger partial charge in [0.2, 0.25) is 5.92 Å². The van der Waals surface area contributed by atoms with E-state index >= 15 is 0 Å². The highest BCUT2D eigenvalue weighted by atomic mass is 35.5. The van der Waals surface area contributed by atoms with Crippen molar-refractivity contribution in [2.45, 2.75) is 37.1 Å². The van der Waals surface area contributed by atoms with Crippen LogP contribution in [0.5, 0.6) is 0 Å². The van der Waals surface area contributed by atoms with E-state index < -0.39 is 11.5 Å². The van der Waals surface area contributed by atoms with Gasteiger partial charge in [-0.1, -0.05) is 23.2 Å². The molecule has 1 saturated carbocycles. The summed E-state index contributed by atoms with van der Waals surface area (Å²) in [6.07, 6.45) is 0.0405. The van der Waals surface area contributed by atoms with E-state index in [0.717, 1.165) is 0 Å². The van der Waals surface area contributed by atoms with E-state index in [1.54, 1.807) is 18.2 Å². The van der Waals surface area contributed by atoms with Crippen LogP contribution in [0.2, 0.25) is 10.0 Å². The smallest absolute Gasteiger partial charge is 0.248 e. The number of nitrogens with two attached hydrogens (primary N) is 1. The van der Waals surface area contributed by atoms with Gasteiger partial charge in [-0.15, -0.1) is 0 Å². The minimum atomic E-state index is -2.60. The van der Waals surface area contributed by atoms with Gasteiger partial charge in [-0.25, -0.2) is 8.78 Å². The van der Waals surface area contributed by atoms with E-state index in [2.05, 4.69) is 0 Å². The fourth-order valence-electron chi connectivity index (χ4n) is 2.21. The number of hydrogen-bond acceptors (Lipinski definition) is 1. The Kier molecular flexibility index (Phi) is 3.36. The van der Waals surface area contributed by atoms with Crippen LogP contribution in [-0.2, 0) is 5.54 Å². The Hall–Kier alpha value is -0.380. The lowest BCUT2D eigenvalue weighted by Crippen LogP contribution is -2.43. The average Bonchev–Trinajstić information content (AvgIpc) is 2.26. The Morgan fingerprint density at radius 1 is 1.06 bits per heavy atom. The van der Waals surface area contributed by atoms with Crippen LogP contribution < -0.4 is 5.73 Å². The second-order valence-corrected chi connectivity index (χ2v) is 5.48. The second kappa shape index (κ2) is 4.38. The number of rotatable bonds is 1. The van der Waals surface area contributed by atoms with E-state index in [4.69, 9.17) is 28.9 Å². The van der Waals surface area contributed by atoms with Gasteiger partial charge in [0.05, 0.1) is 0 Å². The lowest BCUT2D eigenvalue weighted by atomic mass is 9.76. The van der Waals surface area contributed by atoms with E-state index in [-0.39, 0.29) is 25.7 Å². The maximum absolute atomic E-state index is 13.1. The van der Waals surface area contributed by atoms with Crippen molar-refractivity contribution >= 4 is 23.2 Å². The summed E-state index contributed by atoms with van der Waals surface area (Å²) in [4.78, 5) is 0. The molecule has 94 valence electrons. The molecule has 0 bridgehead atoms. The van der Waals surface area contributed by atoms with Gasteiger partial charge < -0.3 is 5.73 Å². The van der Waals surface area contributed by atoms with Crippen LogP contribution in [0.15, 0.2) is 18.2 Å². The first-order chi connectivity index (χ1) is 7.82. The zero-order chi connectivity index (χ0) is 12.7. The number of alkyl halides is 2. The van der Waals surface area contributed by atoms with Gasteiger partial charge >= 0.3 is 0 Å². The van der Waals surface area contributed by atoms with E-state index in [0.29, 0.717) is 15.6 Å². The average molecular weight is 280 g/mol. The first kappa shape index (κ1) is 13.1. The molecule has 0 amide bonds. The summed E-state index contributed by atoms with van der Waals surface area (Å²) in [6.45, 7) is 0. The highest BCUT2D eigenvalue weighted by molar-refractivity contribution is 6.33. The molecule has 0 spiro atoms. The topological polar surface area (TPSA) is 26.0 Å². The van der Waals surface area contributed by atoms with Gasteiger partial charge in [0.15, 0.2) is 0 Å². The fraction of sp³-hybridized carbons (Fsp3) is 0.500. The van der Waals surface area contributed by atoms with Crippen molar-refractivity contribution in [2.75, 3.05) is 0 Å². The maximum Gasteiger partial charge on any atom is 0.248 e. The maximum atomic E-state index is 13.1. The summed E-state index contributed by atoms with van der Waals surface area (Å²) in [5.41, 5.74) is 6.08. The summed E-state index contributed by atoms with van der Waals surface area (Å²) in [7, 11) is 0. The normalized spacial score (nSPS) is 22.4. The minimum absolute atomic E-state index is 0.202. The lowest BCUT2D eigenvalue weighted by molar-refractivity contribution is -0.0513. The van der Waals surface area contributed by atoms with Crippen molar-refractivity contribution in [3.8, 4) is 0 Å². The number of hydrogen-bond donors (Lipinski definition) is 1. The molecule has 1 fully saturated rings. The second-order valence-electron chi connectivity index (χ2n) is 4.64. The Morgan fingerprint density at radius 2 is 1.65 bits per heavy atom. The van der Waals surface area contributed by atoms with Crippen molar-refractivity contribution in [2.24, 2.45) is 5.73 Å². The van der Waals surface area contributed by atoms with E-state index in [1.165, 1.54) is 0 Å². The molecule has 1 nitrogen and oxygen atoms in total. The van der Waals surface area contributed by atoms with Gasteiger partial charge in [0.1, 0.15) is 0 Å². The first-order valence-corrected chi connectivity index (χ1v) is 6.20. The molecule has 2 N–H and O–H groups in total. The van der Waals surface area contributed by atoms with Crippen molar-refractivity contribution < 1.29 is 8.78 Å². The predicted octanol–water partition coefficient (Wildman–Crippen LogP) is 4.36. The zero-order valence-corrected chi connectivity index (χ0v) is 10.7. The molecule has 0 heterocycles. The third kappa shape index (κ3) is 2.72. The lowest BCUT2D eigenvalue weighted by Gasteiger charge is -2.38. The zero-order valence-electron chi connectivity index (χ0n) is 9.15. The summed E-state index contributed by atoms with van der Waals surface area (Å²) in [6, 6.07) is 4.99. The van der Waals surface area contributed by atoms with Crippen LogP contribution in [0.4, 0.5) is 8.78 Å². The number of halogens is 4. The van der Waals surface area contributed by atoms with Crippen molar-refractivity contribution in [1.29, 1.82) is 0 Å². The molecule has 1 aliphatic carbocycles. The van der Waals surface area contributed by atoms with Crippen LogP contribution in [0.25, 0.3) is 0 Å². The fourth-order valence-corrected chi connectivity index (χ4v) is 2.69. The van der Waals surface area contributed by atoms with Crippen LogP contribution in [0.3, 0.4) is 0 Å². The Bertz CT molecular complexity index is 425. The summed E-state index contributed by atoms with van der Waals surface area (Å²) >= 11 is 12.0. The molecule has 0 unspecified atom stereocenters. The van der Waals surface area contributed by atoms with Gasteiger partial charge in [-0.2, -0.15) is 0 Å². The molecule has 0 radical (unpaired) electrons. The largest absolute Gasteiger partial charge is 0.321 e. The molecular formula is C12H13Cl2F2N. The molecular weight excluding hydrogens is 267 g/mol. The molecule has 17 heavy (non-hydrogen) atoms. The molecule has 1 aliphatic rings. The molecule has 0 atom stereocenters. The molecule has 0 aromatic heterocycles. The van der Waals surface area contributed by atoms with Crippen molar-refractivity contribution in [1.82, 2.24) is 0 Å². The molecule has 1 aromatic rings. The van der Waals surface area contributed by atoms with E-state index in [9.17, 15) is 8.78 Å². The molecule has 0 aliphatic heterocycles. The molecule has 5 heteroatoms. The SMILES string of the molecule is NC1(c2cc(Cl)ccc2Cl)CCC(F)(F)CC1. The van der Waals surface area contributed by atoms with Crippen LogP contribution in [0.1, 0.15) is 31.2 Å². The first-order valence-electron chi connectivity index (χ1n) is 5.45. The standard InChI is InChI=1S/C12H13Cl2F2N/c13-8-1-2-10(14)9(7-8)11(17)3-5-12(15,16)6-4-11/h1-2,7H,3-6,17H2. The predicted molar refractivity (Wildman–Crippen MR) is 65.7 cm³/mol. The summed E-state index contributed by atoms with van der Waals surface area (Å²) in [5, 5.41) is 1.01. The third-order valence-electron chi connectivity index (χ3n) is 3.34. The summed E-state index contributed by atoms with van der Waals surface area (Å²) in [5.74, 6) is -2.60. The number of benzene rings is 1. The molecule has 2 rings (SSSR count). The Labute approximate surface area is 109 Å². The Morgan fingerprint density at radius 3 is 2.24 bits per heavy atom. The van der Waals surface area contributed by atoms with Crippen molar-refractivity contribution in [3.63, 3.8) is 0 Å². The van der Waals surface area contributed by atoms with Crippen LogP contribution in [0, 0.1) is 0 Å². The minimum Gasteiger partial charge on any atom is -0.321 e. The Balaban J connectivity index is 2.30. The van der Waals surface area contributed by atoms with Crippen LogP contribution in [-0.4, -0.2) is 5.92 Å². The highest BCUT2D eigenvalue weighted by Gasteiger charge is 2.42. The van der Waals surface area contributed by atoms with Gasteiger partial charge in [-0.3, -0.25) is 0 Å². The summed E-state index contributed by atoms with van der Waals surface area (Å²) < 4.78 is 26.3. The monoisotopic (exact) mass is 279 g/mol. The van der Waals surface area contributed by atoms with Crippen molar-refractivity contribution in [3.05, 3.63) is 33.8 Å². The van der Waals surface area contributed by atoms with Gasteiger partial charge in [0, 0.05) is 28.4 Å². The van der Waals surface area contributed by atoms with E-state index in [1.807, 2.05) is 0 Å². The highest BCUT2D eigenvalue weighted by Crippen LogP contribution is 2.44. The third-order valence-corrected chi connectivity index (χ3v) is 3.90.